The predicted octanol–water partition coefficient (Wildman–Crippen LogP) is 5.55. The van der Waals surface area contributed by atoms with E-state index >= 15 is 4.39 Å². The Bertz CT molecular complexity index is 1550. The summed E-state index contributed by atoms with van der Waals surface area (Å²) in [6, 6.07) is 4.25. The number of esters is 1. The summed E-state index contributed by atoms with van der Waals surface area (Å²) in [5, 5.41) is 14.7. The van der Waals surface area contributed by atoms with Crippen molar-refractivity contribution in [2.75, 3.05) is 0 Å². The van der Waals surface area contributed by atoms with Crippen LogP contribution in [0.15, 0.2) is 42.2 Å². The lowest BCUT2D eigenvalue weighted by molar-refractivity contribution is -0.155. The quantitative estimate of drug-likeness (QED) is 0.238. The van der Waals surface area contributed by atoms with E-state index in [-0.39, 0.29) is 36.0 Å². The number of rotatable bonds is 9. The molecule has 0 spiro atoms. The highest BCUT2D eigenvalue weighted by atomic mass is 32.1. The summed E-state index contributed by atoms with van der Waals surface area (Å²) >= 11 is 1.34. The van der Waals surface area contributed by atoms with Gasteiger partial charge in [-0.05, 0) is 65.0 Å². The van der Waals surface area contributed by atoms with Crippen LogP contribution in [0.4, 0.5) is 13.6 Å². The third kappa shape index (κ3) is 9.23. The van der Waals surface area contributed by atoms with Gasteiger partial charge in [-0.3, -0.25) is 9.78 Å². The minimum Gasteiger partial charge on any atom is -0.460 e. The molecule has 0 radical (unpaired) electrons. The molecule has 1 N–H and O–H groups in total. The maximum atomic E-state index is 15.1. The highest BCUT2D eigenvalue weighted by molar-refractivity contribution is 7.13. The number of amides is 1. The second kappa shape index (κ2) is 12.8. The van der Waals surface area contributed by atoms with E-state index in [0.29, 0.717) is 5.56 Å². The third-order valence-corrected chi connectivity index (χ3v) is 6.13. The maximum Gasteiger partial charge on any atom is 0.407 e. The van der Waals surface area contributed by atoms with Crippen LogP contribution in [0.25, 0.3) is 21.8 Å². The zero-order valence-corrected chi connectivity index (χ0v) is 25.2. The minimum atomic E-state index is -0.822. The molecule has 0 aliphatic carbocycles. The van der Waals surface area contributed by atoms with Gasteiger partial charge in [-0.1, -0.05) is 0 Å². The van der Waals surface area contributed by atoms with Gasteiger partial charge in [0.05, 0.1) is 35.0 Å². The molecule has 0 fully saturated rings. The van der Waals surface area contributed by atoms with E-state index in [1.165, 1.54) is 35.7 Å². The lowest BCUT2D eigenvalue weighted by atomic mass is 10.1. The van der Waals surface area contributed by atoms with E-state index in [9.17, 15) is 14.0 Å². The van der Waals surface area contributed by atoms with Crippen LogP contribution in [0.1, 0.15) is 48.0 Å². The summed E-state index contributed by atoms with van der Waals surface area (Å²) in [6.45, 7) is 10.2. The fraction of sp³-hybridized carbons (Fsp3) is 0.393. The average Bonchev–Trinajstić information content (AvgIpc) is 3.56. The number of thiazole rings is 1. The Morgan fingerprint density at radius 1 is 1.02 bits per heavy atom. The molecule has 3 heterocycles. The van der Waals surface area contributed by atoms with Gasteiger partial charge < -0.3 is 19.5 Å². The van der Waals surface area contributed by atoms with Crippen LogP contribution < -0.4 is 10.1 Å². The summed E-state index contributed by atoms with van der Waals surface area (Å²) in [4.78, 5) is 34.7. The van der Waals surface area contributed by atoms with Crippen molar-refractivity contribution in [2.45, 2.75) is 71.8 Å². The maximum absolute atomic E-state index is 15.1. The van der Waals surface area contributed by atoms with Crippen molar-refractivity contribution in [2.24, 2.45) is 0 Å². The number of tetrazole rings is 1. The van der Waals surface area contributed by atoms with Gasteiger partial charge in [0.2, 0.25) is 5.82 Å². The van der Waals surface area contributed by atoms with Gasteiger partial charge in [0.25, 0.3) is 5.88 Å². The van der Waals surface area contributed by atoms with Gasteiger partial charge in [0.1, 0.15) is 22.8 Å². The zero-order chi connectivity index (χ0) is 31.4. The van der Waals surface area contributed by atoms with Crippen LogP contribution in [-0.4, -0.2) is 59.5 Å². The van der Waals surface area contributed by atoms with E-state index in [1.807, 2.05) is 0 Å². The number of carbonyl (C=O) groups excluding carboxylic acids is 2. The van der Waals surface area contributed by atoms with E-state index < -0.39 is 40.9 Å². The van der Waals surface area contributed by atoms with Crippen LogP contribution >= 0.6 is 11.3 Å². The molecule has 1 amide bonds. The van der Waals surface area contributed by atoms with Gasteiger partial charge in [0, 0.05) is 24.0 Å². The van der Waals surface area contributed by atoms with E-state index in [0.717, 1.165) is 15.7 Å². The van der Waals surface area contributed by atoms with Crippen LogP contribution in [-0.2, 0) is 20.8 Å². The summed E-state index contributed by atoms with van der Waals surface area (Å²) in [7, 11) is 0. The lowest BCUT2D eigenvalue weighted by Gasteiger charge is -2.24. The monoisotopic (exact) mass is 615 g/mol. The van der Waals surface area contributed by atoms with Gasteiger partial charge in [-0.2, -0.15) is 4.80 Å². The standard InChI is InChI=1S/C28H31F2N7O5S/c1-27(2,3)41-23(38)10-17(33-26(39)42-28(4,5)6)14-37-35-24(34-36-37)19-8-7-18(11-20(19)29)40-25-21(30)9-16(12-32-25)22-13-31-15-43-22/h7-9,11-13,15,17H,10,14H2,1-6H3,(H,33,39)/t17-/m0/s1. The number of hydrogen-bond donors (Lipinski definition) is 1. The van der Waals surface area contributed by atoms with Crippen molar-refractivity contribution < 1.29 is 32.6 Å². The second-order valence-electron chi connectivity index (χ2n) is 11.4. The van der Waals surface area contributed by atoms with Crippen LogP contribution in [0.2, 0.25) is 0 Å². The first-order valence-electron chi connectivity index (χ1n) is 13.2. The fourth-order valence-electron chi connectivity index (χ4n) is 3.69. The number of alkyl carbamates (subject to hydrolysis) is 1. The van der Waals surface area contributed by atoms with Gasteiger partial charge in [0.15, 0.2) is 5.82 Å². The first kappa shape index (κ1) is 31.4. The summed E-state index contributed by atoms with van der Waals surface area (Å²) in [5.74, 6) is -2.41. The molecular formula is C28H31F2N7O5S. The number of carbonyl (C=O) groups is 2. The molecule has 12 nitrogen and oxygen atoms in total. The number of halogens is 2. The van der Waals surface area contributed by atoms with E-state index in [4.69, 9.17) is 14.2 Å². The molecule has 0 bridgehead atoms. The van der Waals surface area contributed by atoms with Crippen molar-refractivity contribution in [3.63, 3.8) is 0 Å². The molecule has 0 unspecified atom stereocenters. The minimum absolute atomic E-state index is 0.00336. The number of nitrogens with one attached hydrogen (secondary N) is 1. The Hall–Kier alpha value is -4.53. The number of aromatic nitrogens is 6. The molecule has 0 aliphatic rings. The van der Waals surface area contributed by atoms with Crippen molar-refractivity contribution >= 4 is 23.4 Å². The van der Waals surface area contributed by atoms with E-state index in [1.54, 1.807) is 53.2 Å². The highest BCUT2D eigenvalue weighted by Gasteiger charge is 2.26. The van der Waals surface area contributed by atoms with Crippen molar-refractivity contribution in [1.29, 1.82) is 0 Å². The van der Waals surface area contributed by atoms with Crippen molar-refractivity contribution in [3.05, 3.63) is 53.8 Å². The molecule has 1 aromatic carbocycles. The molecule has 3 aromatic heterocycles. The largest absolute Gasteiger partial charge is 0.460 e. The summed E-state index contributed by atoms with van der Waals surface area (Å²) < 4.78 is 45.8. The molecule has 0 aliphatic heterocycles. The fourth-order valence-corrected chi connectivity index (χ4v) is 4.30. The number of ether oxygens (including phenoxy) is 3. The first-order chi connectivity index (χ1) is 20.1. The SMILES string of the molecule is CC(C)(C)OC(=O)C[C@@H](Cn1nnc(-c2ccc(Oc3ncc(-c4cncs4)cc3F)cc2F)n1)NC(=O)OC(C)(C)C. The molecule has 1 atom stereocenters. The van der Waals surface area contributed by atoms with Gasteiger partial charge in [-0.25, -0.2) is 18.6 Å². The normalized spacial score (nSPS) is 12.5. The zero-order valence-electron chi connectivity index (χ0n) is 24.4. The molecule has 4 rings (SSSR count). The Labute approximate surface area is 250 Å². The first-order valence-corrected chi connectivity index (χ1v) is 14.0. The Balaban J connectivity index is 1.46. The Morgan fingerprint density at radius 3 is 2.40 bits per heavy atom. The number of pyridine rings is 1. The van der Waals surface area contributed by atoms with Crippen molar-refractivity contribution in [3.8, 4) is 33.5 Å². The van der Waals surface area contributed by atoms with E-state index in [2.05, 4.69) is 30.7 Å². The third-order valence-electron chi connectivity index (χ3n) is 5.31. The van der Waals surface area contributed by atoms with Gasteiger partial charge >= 0.3 is 12.1 Å². The molecule has 0 saturated heterocycles. The molecule has 228 valence electrons. The Kier molecular flexibility index (Phi) is 9.33. The molecule has 15 heteroatoms. The molecule has 43 heavy (non-hydrogen) atoms. The smallest absolute Gasteiger partial charge is 0.407 e. The number of hydrogen-bond acceptors (Lipinski definition) is 11. The lowest BCUT2D eigenvalue weighted by Crippen LogP contribution is -2.43. The molecule has 0 saturated carbocycles. The second-order valence-corrected chi connectivity index (χ2v) is 12.3. The van der Waals surface area contributed by atoms with Crippen LogP contribution in [0.5, 0.6) is 11.6 Å². The molecule has 4 aromatic rings. The van der Waals surface area contributed by atoms with Gasteiger partial charge in [-0.15, -0.1) is 21.5 Å². The predicted molar refractivity (Wildman–Crippen MR) is 152 cm³/mol. The number of nitrogens with zero attached hydrogens (tertiary/aromatic N) is 6. The number of benzene rings is 1. The average molecular weight is 616 g/mol. The summed E-state index contributed by atoms with van der Waals surface area (Å²) in [6.07, 6.45) is 2.08. The van der Waals surface area contributed by atoms with Crippen molar-refractivity contribution in [1.82, 2.24) is 35.5 Å². The van der Waals surface area contributed by atoms with Crippen LogP contribution in [0.3, 0.4) is 0 Å². The summed E-state index contributed by atoms with van der Waals surface area (Å²) in [5.41, 5.74) is 0.666. The topological polar surface area (TPSA) is 143 Å². The Morgan fingerprint density at radius 2 is 1.77 bits per heavy atom. The highest BCUT2D eigenvalue weighted by Crippen LogP contribution is 2.30. The molecular weight excluding hydrogens is 584 g/mol. The van der Waals surface area contributed by atoms with Crippen LogP contribution in [0, 0.1) is 11.6 Å².